The average Bonchev–Trinajstić information content (AvgIpc) is 3.21. The lowest BCUT2D eigenvalue weighted by Crippen LogP contribution is -2.47. The Bertz CT molecular complexity index is 988. The molecule has 142 valence electrons. The van der Waals surface area contributed by atoms with Crippen LogP contribution < -0.4 is 9.80 Å². The molecule has 3 aromatic rings. The summed E-state index contributed by atoms with van der Waals surface area (Å²) < 4.78 is 1.55. The third kappa shape index (κ3) is 3.20. The maximum Gasteiger partial charge on any atom is 0.373 e. The standard InChI is InChI=1S/C17H21N7O2S/c1-11(2)14-18-12(3)10-13(19-14)21-4-6-22(7-5-21)15-16(24(25)26)23-8-9-27-17(23)20-15/h8-11H,4-7H2,1-3H3. The topological polar surface area (TPSA) is 92.7 Å². The molecule has 0 aliphatic carbocycles. The first kappa shape index (κ1) is 17.7. The van der Waals surface area contributed by atoms with Gasteiger partial charge in [-0.25, -0.2) is 9.97 Å². The molecular formula is C17H21N7O2S. The van der Waals surface area contributed by atoms with Crippen molar-refractivity contribution in [2.75, 3.05) is 36.0 Å². The first-order valence-corrected chi connectivity index (χ1v) is 9.77. The Morgan fingerprint density at radius 3 is 2.52 bits per heavy atom. The molecule has 3 aromatic heterocycles. The zero-order valence-electron chi connectivity index (χ0n) is 15.5. The Morgan fingerprint density at radius 1 is 1.15 bits per heavy atom. The number of thiazole rings is 1. The van der Waals surface area contributed by atoms with Crippen molar-refractivity contribution in [2.45, 2.75) is 26.7 Å². The molecule has 10 heteroatoms. The predicted octanol–water partition coefficient (Wildman–Crippen LogP) is 2.85. The van der Waals surface area contributed by atoms with Crippen LogP contribution in [0.2, 0.25) is 0 Å². The Labute approximate surface area is 160 Å². The zero-order valence-corrected chi connectivity index (χ0v) is 16.3. The van der Waals surface area contributed by atoms with Gasteiger partial charge in [-0.05, 0) is 11.8 Å². The number of anilines is 2. The van der Waals surface area contributed by atoms with E-state index in [0.29, 0.717) is 23.9 Å². The summed E-state index contributed by atoms with van der Waals surface area (Å²) in [6.07, 6.45) is 1.70. The van der Waals surface area contributed by atoms with E-state index >= 15 is 0 Å². The molecule has 0 bridgehead atoms. The van der Waals surface area contributed by atoms with E-state index in [1.165, 1.54) is 11.3 Å². The van der Waals surface area contributed by atoms with Crippen LogP contribution in [-0.2, 0) is 0 Å². The molecule has 1 aliphatic rings. The molecule has 0 N–H and O–H groups in total. The van der Waals surface area contributed by atoms with Gasteiger partial charge in [0.25, 0.3) is 4.96 Å². The molecule has 1 fully saturated rings. The molecule has 0 spiro atoms. The Morgan fingerprint density at radius 2 is 1.85 bits per heavy atom. The van der Waals surface area contributed by atoms with Crippen LogP contribution in [0.1, 0.15) is 31.3 Å². The van der Waals surface area contributed by atoms with Crippen LogP contribution >= 0.6 is 11.3 Å². The lowest BCUT2D eigenvalue weighted by molar-refractivity contribution is -0.389. The fourth-order valence-corrected chi connectivity index (χ4v) is 3.99. The second kappa shape index (κ2) is 6.76. The molecule has 1 saturated heterocycles. The number of nitro groups is 1. The van der Waals surface area contributed by atoms with E-state index in [1.807, 2.05) is 17.9 Å². The van der Waals surface area contributed by atoms with Gasteiger partial charge in [-0.15, -0.1) is 0 Å². The predicted molar refractivity (Wildman–Crippen MR) is 105 cm³/mol. The van der Waals surface area contributed by atoms with E-state index in [0.717, 1.165) is 30.4 Å². The van der Waals surface area contributed by atoms with Gasteiger partial charge in [0.2, 0.25) is 5.82 Å². The largest absolute Gasteiger partial charge is 0.373 e. The van der Waals surface area contributed by atoms with Gasteiger partial charge in [0.1, 0.15) is 17.8 Å². The molecule has 9 nitrogen and oxygen atoms in total. The Balaban J connectivity index is 1.56. The highest BCUT2D eigenvalue weighted by Crippen LogP contribution is 2.32. The quantitative estimate of drug-likeness (QED) is 0.502. The van der Waals surface area contributed by atoms with E-state index in [1.54, 1.807) is 16.0 Å². The van der Waals surface area contributed by atoms with Crippen LogP contribution in [0.25, 0.3) is 4.96 Å². The van der Waals surface area contributed by atoms with E-state index < -0.39 is 0 Å². The summed E-state index contributed by atoms with van der Waals surface area (Å²) in [5.74, 6) is 2.53. The van der Waals surface area contributed by atoms with Crippen LogP contribution in [0.5, 0.6) is 0 Å². The highest BCUT2D eigenvalue weighted by molar-refractivity contribution is 7.15. The number of nitrogens with zero attached hydrogens (tertiary/aromatic N) is 7. The summed E-state index contributed by atoms with van der Waals surface area (Å²) in [5, 5.41) is 13.4. The number of imidazole rings is 1. The molecule has 0 amide bonds. The van der Waals surface area contributed by atoms with E-state index in [-0.39, 0.29) is 16.7 Å². The van der Waals surface area contributed by atoms with E-state index in [9.17, 15) is 10.1 Å². The second-order valence-corrected chi connectivity index (χ2v) is 7.80. The minimum atomic E-state index is -0.350. The minimum Gasteiger partial charge on any atom is -0.358 e. The van der Waals surface area contributed by atoms with Crippen molar-refractivity contribution in [1.29, 1.82) is 0 Å². The van der Waals surface area contributed by atoms with Crippen molar-refractivity contribution in [3.63, 3.8) is 0 Å². The normalized spacial score (nSPS) is 15.1. The fourth-order valence-electron chi connectivity index (χ4n) is 3.29. The van der Waals surface area contributed by atoms with Gasteiger partial charge >= 0.3 is 5.82 Å². The molecule has 0 atom stereocenters. The number of piperazine rings is 1. The molecule has 0 saturated carbocycles. The van der Waals surface area contributed by atoms with Crippen LogP contribution in [0, 0.1) is 17.0 Å². The third-order valence-electron chi connectivity index (χ3n) is 4.67. The second-order valence-electron chi connectivity index (χ2n) is 6.93. The third-order valence-corrected chi connectivity index (χ3v) is 5.43. The van der Waals surface area contributed by atoms with Crippen molar-refractivity contribution in [2.24, 2.45) is 0 Å². The fraction of sp³-hybridized carbons (Fsp3) is 0.471. The molecule has 27 heavy (non-hydrogen) atoms. The van der Waals surface area contributed by atoms with Gasteiger partial charge in [-0.2, -0.15) is 9.38 Å². The Kier molecular flexibility index (Phi) is 4.42. The van der Waals surface area contributed by atoms with Crippen LogP contribution in [0.4, 0.5) is 17.5 Å². The van der Waals surface area contributed by atoms with Crippen LogP contribution in [-0.4, -0.2) is 50.5 Å². The average molecular weight is 387 g/mol. The van der Waals surface area contributed by atoms with Crippen LogP contribution in [0.15, 0.2) is 17.6 Å². The molecule has 0 aromatic carbocycles. The number of aromatic nitrogens is 4. The first-order chi connectivity index (χ1) is 12.9. The van der Waals surface area contributed by atoms with Crippen molar-refractivity contribution in [1.82, 2.24) is 19.4 Å². The number of rotatable bonds is 4. The highest BCUT2D eigenvalue weighted by atomic mass is 32.1. The number of hydrogen-bond acceptors (Lipinski definition) is 8. The highest BCUT2D eigenvalue weighted by Gasteiger charge is 2.30. The lowest BCUT2D eigenvalue weighted by Gasteiger charge is -2.35. The van der Waals surface area contributed by atoms with Gasteiger partial charge in [0, 0.05) is 49.2 Å². The number of fused-ring (bicyclic) bond motifs is 1. The summed E-state index contributed by atoms with van der Waals surface area (Å²) >= 11 is 1.40. The maximum atomic E-state index is 11.6. The monoisotopic (exact) mass is 387 g/mol. The smallest absolute Gasteiger partial charge is 0.358 e. The van der Waals surface area contributed by atoms with Gasteiger partial charge in [0.15, 0.2) is 0 Å². The van der Waals surface area contributed by atoms with Crippen molar-refractivity contribution in [3.8, 4) is 0 Å². The van der Waals surface area contributed by atoms with E-state index in [4.69, 9.17) is 4.98 Å². The van der Waals surface area contributed by atoms with Gasteiger partial charge in [-0.3, -0.25) is 0 Å². The summed E-state index contributed by atoms with van der Waals surface area (Å²) in [7, 11) is 0. The van der Waals surface area contributed by atoms with Gasteiger partial charge < -0.3 is 19.9 Å². The molecular weight excluding hydrogens is 366 g/mol. The van der Waals surface area contributed by atoms with Crippen molar-refractivity contribution >= 4 is 33.8 Å². The SMILES string of the molecule is Cc1cc(N2CCN(c3nc4sccn4c3[N+](=O)[O-])CC2)nc(C(C)C)n1. The molecule has 4 rings (SSSR count). The van der Waals surface area contributed by atoms with Gasteiger partial charge in [-0.1, -0.05) is 25.2 Å². The van der Waals surface area contributed by atoms with Crippen molar-refractivity contribution < 1.29 is 4.92 Å². The minimum absolute atomic E-state index is 0.0414. The summed E-state index contributed by atoms with van der Waals surface area (Å²) in [6, 6.07) is 2.00. The molecule has 1 aliphatic heterocycles. The Hall–Kier alpha value is -2.75. The van der Waals surface area contributed by atoms with Gasteiger partial charge in [0.05, 0.1) is 0 Å². The first-order valence-electron chi connectivity index (χ1n) is 8.89. The van der Waals surface area contributed by atoms with Crippen LogP contribution in [0.3, 0.4) is 0 Å². The van der Waals surface area contributed by atoms with Crippen molar-refractivity contribution in [3.05, 3.63) is 39.3 Å². The molecule has 4 heterocycles. The summed E-state index contributed by atoms with van der Waals surface area (Å²) in [6.45, 7) is 8.93. The van der Waals surface area contributed by atoms with E-state index in [2.05, 4.69) is 28.7 Å². The maximum absolute atomic E-state index is 11.6. The lowest BCUT2D eigenvalue weighted by atomic mass is 10.2. The molecule has 0 unspecified atom stereocenters. The summed E-state index contributed by atoms with van der Waals surface area (Å²) in [4.78, 5) is 29.7. The number of hydrogen-bond donors (Lipinski definition) is 0. The summed E-state index contributed by atoms with van der Waals surface area (Å²) in [5.41, 5.74) is 0.955. The molecule has 0 radical (unpaired) electrons. The zero-order chi connectivity index (χ0) is 19.1. The number of aryl methyl sites for hydroxylation is 1.